The van der Waals surface area contributed by atoms with Crippen LogP contribution in [0.4, 0.5) is 0 Å². The minimum absolute atomic E-state index is 0.00452. The number of ether oxygens (including phenoxy) is 1. The van der Waals surface area contributed by atoms with Crippen LogP contribution in [0.25, 0.3) is 11.3 Å². The summed E-state index contributed by atoms with van der Waals surface area (Å²) in [6.07, 6.45) is 0.969. The van der Waals surface area contributed by atoms with Gasteiger partial charge < -0.3 is 9.84 Å². The Morgan fingerprint density at radius 2 is 2.20 bits per heavy atom. The number of aromatic carboxylic acids is 1. The van der Waals surface area contributed by atoms with E-state index in [9.17, 15) is 9.90 Å². The summed E-state index contributed by atoms with van der Waals surface area (Å²) in [7, 11) is 0. The van der Waals surface area contributed by atoms with Gasteiger partial charge in [-0.25, -0.2) is 9.48 Å². The Morgan fingerprint density at radius 1 is 1.40 bits per heavy atom. The van der Waals surface area contributed by atoms with Crippen molar-refractivity contribution in [3.05, 3.63) is 36.0 Å². The molecule has 104 valence electrons. The number of nitrogens with zero attached hydrogens (tertiary/aromatic N) is 3. The summed E-state index contributed by atoms with van der Waals surface area (Å²) in [6, 6.07) is 9.37. The number of hydrogen-bond acceptors (Lipinski definition) is 4. The molecule has 20 heavy (non-hydrogen) atoms. The van der Waals surface area contributed by atoms with Crippen LogP contribution in [-0.2, 0) is 11.3 Å². The summed E-state index contributed by atoms with van der Waals surface area (Å²) in [5.41, 5.74) is 1.37. The van der Waals surface area contributed by atoms with Crippen LogP contribution < -0.4 is 0 Å². The smallest absolute Gasteiger partial charge is 0.358 e. The Balaban J connectivity index is 1.99. The van der Waals surface area contributed by atoms with Crippen molar-refractivity contribution in [2.24, 2.45) is 5.92 Å². The predicted molar refractivity (Wildman–Crippen MR) is 71.3 cm³/mol. The first-order valence-electron chi connectivity index (χ1n) is 6.55. The van der Waals surface area contributed by atoms with Gasteiger partial charge in [0.15, 0.2) is 5.69 Å². The van der Waals surface area contributed by atoms with Gasteiger partial charge in [-0.15, -0.1) is 5.10 Å². The Hall–Kier alpha value is -2.21. The summed E-state index contributed by atoms with van der Waals surface area (Å²) in [6.45, 7) is 2.08. The number of carboxylic acid groups (broad SMARTS) is 1. The molecule has 3 rings (SSSR count). The van der Waals surface area contributed by atoms with Gasteiger partial charge in [0.05, 0.1) is 6.61 Å². The maximum atomic E-state index is 11.3. The number of benzene rings is 1. The van der Waals surface area contributed by atoms with Crippen molar-refractivity contribution >= 4 is 5.97 Å². The summed E-state index contributed by atoms with van der Waals surface area (Å²) in [5, 5.41) is 17.1. The maximum absolute atomic E-state index is 11.3. The Bertz CT molecular complexity index is 603. The quantitative estimate of drug-likeness (QED) is 0.917. The minimum atomic E-state index is -1.06. The first kappa shape index (κ1) is 12.8. The third-order valence-corrected chi connectivity index (χ3v) is 3.44. The molecule has 2 aromatic rings. The molecule has 1 fully saturated rings. The van der Waals surface area contributed by atoms with E-state index in [0.29, 0.717) is 24.8 Å². The molecule has 6 heteroatoms. The molecule has 1 unspecified atom stereocenters. The van der Waals surface area contributed by atoms with E-state index < -0.39 is 5.97 Å². The Labute approximate surface area is 116 Å². The minimum Gasteiger partial charge on any atom is -0.476 e. The van der Waals surface area contributed by atoms with Crippen molar-refractivity contribution in [2.75, 3.05) is 13.2 Å². The van der Waals surface area contributed by atoms with Gasteiger partial charge in [-0.1, -0.05) is 35.5 Å². The second-order valence-corrected chi connectivity index (χ2v) is 4.87. The van der Waals surface area contributed by atoms with Crippen molar-refractivity contribution in [3.63, 3.8) is 0 Å². The highest BCUT2D eigenvalue weighted by Gasteiger charge is 2.24. The monoisotopic (exact) mass is 273 g/mol. The predicted octanol–water partition coefficient (Wildman–Crippen LogP) is 1.68. The third kappa shape index (κ3) is 2.42. The number of aromatic nitrogens is 3. The van der Waals surface area contributed by atoms with Gasteiger partial charge in [0.25, 0.3) is 0 Å². The molecule has 1 aliphatic rings. The highest BCUT2D eigenvalue weighted by Crippen LogP contribution is 2.24. The van der Waals surface area contributed by atoms with Crippen LogP contribution in [0, 0.1) is 5.92 Å². The molecule has 1 aromatic carbocycles. The fourth-order valence-electron chi connectivity index (χ4n) is 2.44. The zero-order chi connectivity index (χ0) is 13.9. The fourth-order valence-corrected chi connectivity index (χ4v) is 2.44. The molecule has 0 bridgehead atoms. The van der Waals surface area contributed by atoms with E-state index in [1.165, 1.54) is 0 Å². The van der Waals surface area contributed by atoms with Crippen LogP contribution in [-0.4, -0.2) is 39.3 Å². The van der Waals surface area contributed by atoms with Crippen molar-refractivity contribution in [3.8, 4) is 11.3 Å². The molecule has 1 N–H and O–H groups in total. The lowest BCUT2D eigenvalue weighted by atomic mass is 10.1. The molecular formula is C14H15N3O3. The summed E-state index contributed by atoms with van der Waals surface area (Å²) < 4.78 is 7.03. The van der Waals surface area contributed by atoms with E-state index >= 15 is 0 Å². The van der Waals surface area contributed by atoms with Crippen molar-refractivity contribution < 1.29 is 14.6 Å². The molecule has 0 saturated carbocycles. The number of rotatable bonds is 4. The molecular weight excluding hydrogens is 258 g/mol. The highest BCUT2D eigenvalue weighted by atomic mass is 16.5. The Kier molecular flexibility index (Phi) is 3.47. The van der Waals surface area contributed by atoms with E-state index in [4.69, 9.17) is 4.74 Å². The molecule has 6 nitrogen and oxygen atoms in total. The van der Waals surface area contributed by atoms with Gasteiger partial charge in [0.1, 0.15) is 5.69 Å². The molecule has 1 saturated heterocycles. The first-order valence-corrected chi connectivity index (χ1v) is 6.55. The lowest BCUT2D eigenvalue weighted by Gasteiger charge is -2.10. The van der Waals surface area contributed by atoms with Crippen molar-refractivity contribution in [2.45, 2.75) is 13.0 Å². The third-order valence-electron chi connectivity index (χ3n) is 3.44. The van der Waals surface area contributed by atoms with Gasteiger partial charge in [-0.3, -0.25) is 0 Å². The second kappa shape index (κ2) is 5.42. The lowest BCUT2D eigenvalue weighted by Crippen LogP contribution is -2.13. The van der Waals surface area contributed by atoms with Crippen LogP contribution in [0.5, 0.6) is 0 Å². The first-order chi connectivity index (χ1) is 9.75. The molecule has 1 aliphatic heterocycles. The molecule has 0 spiro atoms. The summed E-state index contributed by atoms with van der Waals surface area (Å²) >= 11 is 0. The average molecular weight is 273 g/mol. The maximum Gasteiger partial charge on any atom is 0.358 e. The number of carbonyl (C=O) groups is 1. The van der Waals surface area contributed by atoms with Crippen molar-refractivity contribution in [1.82, 2.24) is 15.0 Å². The van der Waals surface area contributed by atoms with Crippen LogP contribution in [0.1, 0.15) is 16.9 Å². The molecule has 2 heterocycles. The highest BCUT2D eigenvalue weighted by molar-refractivity contribution is 5.92. The average Bonchev–Trinajstić information content (AvgIpc) is 3.09. The van der Waals surface area contributed by atoms with E-state index in [2.05, 4.69) is 10.3 Å². The van der Waals surface area contributed by atoms with E-state index in [-0.39, 0.29) is 5.69 Å². The Morgan fingerprint density at radius 3 is 2.85 bits per heavy atom. The van der Waals surface area contributed by atoms with Gasteiger partial charge in [-0.05, 0) is 6.42 Å². The van der Waals surface area contributed by atoms with Gasteiger partial charge in [0, 0.05) is 24.6 Å². The fraction of sp³-hybridized carbons (Fsp3) is 0.357. The van der Waals surface area contributed by atoms with Crippen LogP contribution in [0.3, 0.4) is 0 Å². The number of carboxylic acids is 1. The molecule has 1 aromatic heterocycles. The van der Waals surface area contributed by atoms with E-state index in [0.717, 1.165) is 18.6 Å². The molecule has 0 amide bonds. The largest absolute Gasteiger partial charge is 0.476 e. The van der Waals surface area contributed by atoms with Crippen LogP contribution in [0.15, 0.2) is 30.3 Å². The zero-order valence-electron chi connectivity index (χ0n) is 10.9. The molecule has 0 aliphatic carbocycles. The SMILES string of the molecule is O=C(O)c1nnn(CC2CCOC2)c1-c1ccccc1. The van der Waals surface area contributed by atoms with Crippen LogP contribution in [0.2, 0.25) is 0 Å². The standard InChI is InChI=1S/C14H15N3O3/c18-14(19)12-13(11-4-2-1-3-5-11)17(16-15-12)8-10-6-7-20-9-10/h1-5,10H,6-9H2,(H,18,19). The second-order valence-electron chi connectivity index (χ2n) is 4.87. The molecule has 0 radical (unpaired) electrons. The van der Waals surface area contributed by atoms with Gasteiger partial charge in [-0.2, -0.15) is 0 Å². The summed E-state index contributed by atoms with van der Waals surface area (Å²) in [4.78, 5) is 11.3. The zero-order valence-corrected chi connectivity index (χ0v) is 10.9. The molecule has 1 atom stereocenters. The van der Waals surface area contributed by atoms with Gasteiger partial charge in [0.2, 0.25) is 0 Å². The van der Waals surface area contributed by atoms with Crippen LogP contribution >= 0.6 is 0 Å². The van der Waals surface area contributed by atoms with E-state index in [1.807, 2.05) is 30.3 Å². The number of hydrogen-bond donors (Lipinski definition) is 1. The lowest BCUT2D eigenvalue weighted by molar-refractivity contribution is 0.0691. The van der Waals surface area contributed by atoms with E-state index in [1.54, 1.807) is 4.68 Å². The van der Waals surface area contributed by atoms with Crippen molar-refractivity contribution in [1.29, 1.82) is 0 Å². The van der Waals surface area contributed by atoms with Gasteiger partial charge >= 0.3 is 5.97 Å². The normalized spacial score (nSPS) is 18.3. The summed E-state index contributed by atoms with van der Waals surface area (Å²) in [5.74, 6) is -0.696. The topological polar surface area (TPSA) is 77.2 Å².